The van der Waals surface area contributed by atoms with Crippen molar-refractivity contribution in [3.63, 3.8) is 0 Å². The van der Waals surface area contributed by atoms with E-state index in [1.54, 1.807) is 20.0 Å². The van der Waals surface area contributed by atoms with Crippen molar-refractivity contribution >= 4 is 11.3 Å². The summed E-state index contributed by atoms with van der Waals surface area (Å²) in [5.41, 5.74) is 1.64. The van der Waals surface area contributed by atoms with E-state index in [1.165, 1.54) is 0 Å². The van der Waals surface area contributed by atoms with Crippen LogP contribution in [-0.2, 0) is 0 Å². The minimum absolute atomic E-state index is 0.284. The van der Waals surface area contributed by atoms with Crippen LogP contribution in [0, 0.1) is 5.82 Å². The number of alkyl halides is 1. The molecule has 1 fully saturated rings. The Hall–Kier alpha value is -1.94. The maximum atomic E-state index is 15.7. The smallest absolute Gasteiger partial charge is 0.171 e. The highest BCUT2D eigenvalue weighted by Crippen LogP contribution is 2.44. The molecule has 0 spiro atoms. The first-order chi connectivity index (χ1) is 14.1. The summed E-state index contributed by atoms with van der Waals surface area (Å²) in [7, 11) is 1.69. The molecule has 4 rings (SSSR count). The molecular formula is C20H29F2N5O2. The highest BCUT2D eigenvalue weighted by Gasteiger charge is 2.35. The van der Waals surface area contributed by atoms with Crippen molar-refractivity contribution in [2.24, 2.45) is 0 Å². The number of halogens is 2. The fourth-order valence-corrected chi connectivity index (χ4v) is 4.03. The van der Waals surface area contributed by atoms with Gasteiger partial charge in [0.25, 0.3) is 0 Å². The Labute approximate surface area is 169 Å². The molecule has 0 amide bonds. The lowest BCUT2D eigenvalue weighted by Crippen LogP contribution is -2.69. The zero-order chi connectivity index (χ0) is 20.4. The van der Waals surface area contributed by atoms with Crippen LogP contribution in [0.4, 0.5) is 14.5 Å². The molecule has 9 heteroatoms. The highest BCUT2D eigenvalue weighted by molar-refractivity contribution is 5.78. The maximum Gasteiger partial charge on any atom is 0.171 e. The minimum atomic E-state index is -1.11. The summed E-state index contributed by atoms with van der Waals surface area (Å²) >= 11 is 0. The molecule has 0 aromatic heterocycles. The van der Waals surface area contributed by atoms with E-state index in [9.17, 15) is 4.39 Å². The van der Waals surface area contributed by atoms with Crippen molar-refractivity contribution in [1.29, 1.82) is 0 Å². The van der Waals surface area contributed by atoms with Gasteiger partial charge in [0.05, 0.1) is 17.4 Å². The van der Waals surface area contributed by atoms with E-state index in [0.717, 1.165) is 25.0 Å². The lowest BCUT2D eigenvalue weighted by Gasteiger charge is -2.39. The van der Waals surface area contributed by atoms with E-state index in [2.05, 4.69) is 26.6 Å². The zero-order valence-corrected chi connectivity index (χ0v) is 16.8. The summed E-state index contributed by atoms with van der Waals surface area (Å²) in [6, 6.07) is 1.22. The van der Waals surface area contributed by atoms with Gasteiger partial charge in [-0.25, -0.2) is 8.78 Å². The number of fused-ring (bicyclic) bond motifs is 1. The van der Waals surface area contributed by atoms with Crippen LogP contribution in [0.15, 0.2) is 12.1 Å². The average molecular weight is 409 g/mol. The van der Waals surface area contributed by atoms with Crippen LogP contribution in [0.3, 0.4) is 0 Å². The largest absolute Gasteiger partial charge is 0.486 e. The summed E-state index contributed by atoms with van der Waals surface area (Å²) in [5.74, 6) is 0.593. The van der Waals surface area contributed by atoms with Gasteiger partial charge in [0.1, 0.15) is 25.7 Å². The van der Waals surface area contributed by atoms with Gasteiger partial charge in [-0.15, -0.1) is 0 Å². The van der Waals surface area contributed by atoms with Gasteiger partial charge in [-0.05, 0) is 38.9 Å². The molecule has 3 heterocycles. The molecule has 160 valence electrons. The first-order valence-corrected chi connectivity index (χ1v) is 10.2. The van der Waals surface area contributed by atoms with Crippen molar-refractivity contribution < 1.29 is 18.3 Å². The van der Waals surface area contributed by atoms with Crippen molar-refractivity contribution in [3.8, 4) is 11.5 Å². The molecule has 0 aliphatic carbocycles. The average Bonchev–Trinajstić information content (AvgIpc) is 3.00. The normalized spacial score (nSPS) is 29.7. The van der Waals surface area contributed by atoms with Crippen molar-refractivity contribution in [2.75, 3.05) is 38.7 Å². The molecule has 4 atom stereocenters. The highest BCUT2D eigenvalue weighted by atomic mass is 19.1. The summed E-state index contributed by atoms with van der Waals surface area (Å²) in [6.07, 6.45) is 1.53. The maximum absolute atomic E-state index is 15.7. The van der Waals surface area contributed by atoms with Crippen LogP contribution in [-0.4, -0.2) is 58.0 Å². The van der Waals surface area contributed by atoms with E-state index in [4.69, 9.17) is 9.47 Å². The Morgan fingerprint density at radius 1 is 1.21 bits per heavy atom. The fraction of sp³-hybridized carbons (Fsp3) is 0.600. The number of benzene rings is 1. The number of rotatable bonds is 4. The molecule has 0 saturated carbocycles. The van der Waals surface area contributed by atoms with Crippen molar-refractivity contribution in [3.05, 3.63) is 23.5 Å². The van der Waals surface area contributed by atoms with Crippen LogP contribution < -0.4 is 36.1 Å². The van der Waals surface area contributed by atoms with Crippen LogP contribution >= 0.6 is 0 Å². The lowest BCUT2D eigenvalue weighted by atomic mass is 9.97. The molecule has 0 radical (unpaired) electrons. The summed E-state index contributed by atoms with van der Waals surface area (Å²) in [4.78, 5) is 0. The molecule has 1 aromatic rings. The molecular weight excluding hydrogens is 380 g/mol. The van der Waals surface area contributed by atoms with Gasteiger partial charge in [0.2, 0.25) is 0 Å². The molecule has 1 saturated heterocycles. The van der Waals surface area contributed by atoms with Crippen LogP contribution in [0.1, 0.15) is 25.3 Å². The first-order valence-electron chi connectivity index (χ1n) is 10.2. The van der Waals surface area contributed by atoms with Gasteiger partial charge in [0.15, 0.2) is 17.3 Å². The van der Waals surface area contributed by atoms with E-state index in [1.807, 2.05) is 6.08 Å². The Bertz CT molecular complexity index is 776. The number of ether oxygens (including phenoxy) is 2. The van der Waals surface area contributed by atoms with Crippen LogP contribution in [0.25, 0.3) is 5.57 Å². The second-order valence-corrected chi connectivity index (χ2v) is 7.58. The van der Waals surface area contributed by atoms with Gasteiger partial charge < -0.3 is 25.4 Å². The van der Waals surface area contributed by atoms with Crippen LogP contribution in [0.2, 0.25) is 0 Å². The summed E-state index contributed by atoms with van der Waals surface area (Å²) < 4.78 is 41.5. The third kappa shape index (κ3) is 4.18. The molecule has 7 nitrogen and oxygen atoms in total. The Morgan fingerprint density at radius 2 is 2.03 bits per heavy atom. The van der Waals surface area contributed by atoms with E-state index < -0.39 is 24.7 Å². The Kier molecular flexibility index (Phi) is 6.19. The monoisotopic (exact) mass is 409 g/mol. The quantitative estimate of drug-likeness (QED) is 0.516. The number of allylic oxidation sites excluding steroid dienone is 1. The predicted octanol–water partition coefficient (Wildman–Crippen LogP) is 1.52. The van der Waals surface area contributed by atoms with Crippen LogP contribution in [0.5, 0.6) is 11.5 Å². The number of nitrogens with one attached hydrogen (secondary N) is 5. The Morgan fingerprint density at radius 3 is 2.86 bits per heavy atom. The molecule has 4 unspecified atom stereocenters. The molecule has 3 aliphatic heterocycles. The van der Waals surface area contributed by atoms with E-state index in [0.29, 0.717) is 36.8 Å². The third-order valence-corrected chi connectivity index (χ3v) is 5.57. The standard InChI is InChI=1S/C20H29F2N5O2/c1-11-16(21)19(23-2)27-20(25-11)26-13-10-14-18(29-9-8-28-14)15(17(13)22)12-4-3-6-24-7-5-12/h5,10-11,16,19-20,23-27H,3-4,6-9H2,1-2H3. The lowest BCUT2D eigenvalue weighted by molar-refractivity contribution is 0.116. The number of hydrogen-bond acceptors (Lipinski definition) is 7. The minimum Gasteiger partial charge on any atom is -0.486 e. The SMILES string of the molecule is CNC1NC(Nc2cc3c(c(C4=CCNCCC4)c2F)OCCO3)NC(C)C1F. The summed E-state index contributed by atoms with van der Waals surface area (Å²) in [6.45, 7) is 4.15. The van der Waals surface area contributed by atoms with E-state index in [-0.39, 0.29) is 11.5 Å². The van der Waals surface area contributed by atoms with Gasteiger partial charge in [-0.2, -0.15) is 0 Å². The third-order valence-electron chi connectivity index (χ3n) is 5.57. The van der Waals surface area contributed by atoms with E-state index >= 15 is 4.39 Å². The second-order valence-electron chi connectivity index (χ2n) is 7.58. The fourth-order valence-electron chi connectivity index (χ4n) is 4.03. The first kappa shape index (κ1) is 20.3. The molecule has 0 bridgehead atoms. The topological polar surface area (TPSA) is 78.6 Å². The van der Waals surface area contributed by atoms with Gasteiger partial charge >= 0.3 is 0 Å². The van der Waals surface area contributed by atoms with Crippen molar-refractivity contribution in [2.45, 2.75) is 44.4 Å². The second kappa shape index (κ2) is 8.83. The zero-order valence-electron chi connectivity index (χ0n) is 16.8. The molecule has 29 heavy (non-hydrogen) atoms. The van der Waals surface area contributed by atoms with Gasteiger partial charge in [-0.3, -0.25) is 10.6 Å². The molecule has 3 aliphatic rings. The van der Waals surface area contributed by atoms with Crippen molar-refractivity contribution in [1.82, 2.24) is 21.3 Å². The van der Waals surface area contributed by atoms with Gasteiger partial charge in [0, 0.05) is 18.7 Å². The number of hydrogen-bond donors (Lipinski definition) is 5. The number of anilines is 1. The van der Waals surface area contributed by atoms with Gasteiger partial charge in [-0.1, -0.05) is 6.08 Å². The summed E-state index contributed by atoms with van der Waals surface area (Å²) in [5, 5.41) is 15.5. The molecule has 1 aromatic carbocycles. The predicted molar refractivity (Wildman–Crippen MR) is 108 cm³/mol. The Balaban J connectivity index is 1.67. The molecule has 5 N–H and O–H groups in total.